The number of aromatic nitrogens is 4. The van der Waals surface area contributed by atoms with Crippen molar-refractivity contribution in [3.63, 3.8) is 0 Å². The van der Waals surface area contributed by atoms with E-state index >= 15 is 0 Å². The van der Waals surface area contributed by atoms with Gasteiger partial charge in [-0.05, 0) is 75.5 Å². The second kappa shape index (κ2) is 12.8. The van der Waals surface area contributed by atoms with E-state index in [0.29, 0.717) is 0 Å². The molecule has 0 bridgehead atoms. The van der Waals surface area contributed by atoms with Crippen molar-refractivity contribution >= 4 is 22.8 Å². The lowest BCUT2D eigenvalue weighted by atomic mass is 10.1. The summed E-state index contributed by atoms with van der Waals surface area (Å²) in [7, 11) is 0. The zero-order valence-corrected chi connectivity index (χ0v) is 22.4. The first-order valence-corrected chi connectivity index (χ1v) is 13.1. The van der Waals surface area contributed by atoms with Gasteiger partial charge in [0.2, 0.25) is 0 Å². The first-order chi connectivity index (χ1) is 19.2. The molecule has 0 spiro atoms. The van der Waals surface area contributed by atoms with Crippen molar-refractivity contribution < 1.29 is 30.0 Å². The van der Waals surface area contributed by atoms with Crippen molar-refractivity contribution in [2.45, 2.75) is 51.4 Å². The van der Waals surface area contributed by atoms with Gasteiger partial charge in [-0.2, -0.15) is 5.10 Å². The largest absolute Gasteiger partial charge is 0.479 e. The fraction of sp³-hybridized carbons (Fsp3) is 0.345. The third-order valence-corrected chi connectivity index (χ3v) is 7.09. The van der Waals surface area contributed by atoms with Crippen LogP contribution in [0.15, 0.2) is 60.9 Å². The van der Waals surface area contributed by atoms with Crippen LogP contribution in [0.2, 0.25) is 0 Å². The molecule has 1 aliphatic heterocycles. The minimum absolute atomic E-state index is 0.727. The molecule has 1 fully saturated rings. The minimum Gasteiger partial charge on any atom is -0.479 e. The maximum atomic E-state index is 9.77. The number of fused-ring (bicyclic) bond motifs is 1. The highest BCUT2D eigenvalue weighted by Crippen LogP contribution is 2.26. The molecule has 3 atom stereocenters. The van der Waals surface area contributed by atoms with Crippen LogP contribution in [0, 0.1) is 6.92 Å². The highest BCUT2D eigenvalue weighted by molar-refractivity contribution is 5.83. The van der Waals surface area contributed by atoms with E-state index in [-0.39, 0.29) is 0 Å². The number of hydrogen-bond acceptors (Lipinski definition) is 8. The fourth-order valence-electron chi connectivity index (χ4n) is 4.72. The number of rotatable bonds is 8. The van der Waals surface area contributed by atoms with Crippen LogP contribution in [0.4, 0.5) is 0 Å². The van der Waals surface area contributed by atoms with Crippen molar-refractivity contribution in [2.24, 2.45) is 0 Å². The molecule has 0 unspecified atom stereocenters. The van der Waals surface area contributed by atoms with Crippen molar-refractivity contribution in [1.82, 2.24) is 24.6 Å². The summed E-state index contributed by atoms with van der Waals surface area (Å²) < 4.78 is 1.86. The molecule has 11 heteroatoms. The molecule has 210 valence electrons. The molecule has 4 heterocycles. The van der Waals surface area contributed by atoms with Gasteiger partial charge in [0.1, 0.15) is 0 Å². The number of aliphatic hydroxyl groups excluding tert-OH is 2. The third kappa shape index (κ3) is 6.68. The molecule has 3 aromatic heterocycles. The van der Waals surface area contributed by atoms with E-state index in [1.54, 1.807) is 6.20 Å². The number of carbonyl (C=O) groups is 2. The predicted octanol–water partition coefficient (Wildman–Crippen LogP) is 2.70. The van der Waals surface area contributed by atoms with Crippen molar-refractivity contribution in [1.29, 1.82) is 0 Å². The Morgan fingerprint density at radius 1 is 1.05 bits per heavy atom. The van der Waals surface area contributed by atoms with Crippen molar-refractivity contribution in [3.05, 3.63) is 72.2 Å². The van der Waals surface area contributed by atoms with Gasteiger partial charge in [0.15, 0.2) is 18.0 Å². The van der Waals surface area contributed by atoms with Gasteiger partial charge in [-0.3, -0.25) is 0 Å². The lowest BCUT2D eigenvalue weighted by Gasteiger charge is -2.20. The van der Waals surface area contributed by atoms with Crippen LogP contribution in [0.3, 0.4) is 0 Å². The number of aliphatic hydroxyl groups is 2. The predicted molar refractivity (Wildman–Crippen MR) is 148 cm³/mol. The van der Waals surface area contributed by atoms with Crippen LogP contribution in [0.5, 0.6) is 0 Å². The smallest absolute Gasteiger partial charge is 0.335 e. The van der Waals surface area contributed by atoms with Crippen LogP contribution in [-0.4, -0.2) is 88.4 Å². The second-order valence-electron chi connectivity index (χ2n) is 9.81. The summed E-state index contributed by atoms with van der Waals surface area (Å²) in [6, 6.07) is 17.5. The zero-order chi connectivity index (χ0) is 28.8. The Morgan fingerprint density at radius 2 is 1.80 bits per heavy atom. The number of benzene rings is 1. The molecule has 4 aromatic rings. The average molecular weight is 548 g/mol. The van der Waals surface area contributed by atoms with Gasteiger partial charge >= 0.3 is 11.9 Å². The number of likely N-dealkylation sites (tertiary alicyclic amines) is 1. The average Bonchev–Trinajstić information content (AvgIpc) is 3.55. The zero-order valence-electron chi connectivity index (χ0n) is 22.4. The fourth-order valence-corrected chi connectivity index (χ4v) is 4.72. The molecule has 0 radical (unpaired) electrons. The van der Waals surface area contributed by atoms with Crippen LogP contribution in [0.1, 0.15) is 31.0 Å². The van der Waals surface area contributed by atoms with Gasteiger partial charge < -0.3 is 25.3 Å². The van der Waals surface area contributed by atoms with Crippen LogP contribution in [-0.2, 0) is 16.0 Å². The van der Waals surface area contributed by atoms with Gasteiger partial charge in [0.25, 0.3) is 0 Å². The van der Waals surface area contributed by atoms with E-state index in [1.165, 1.54) is 30.3 Å². The maximum absolute atomic E-state index is 9.77. The molecule has 0 saturated carbocycles. The monoisotopic (exact) mass is 547 g/mol. The summed E-state index contributed by atoms with van der Waals surface area (Å²) in [4.78, 5) is 31.5. The molecule has 4 N–H and O–H groups in total. The van der Waals surface area contributed by atoms with Gasteiger partial charge in [-0.15, -0.1) is 0 Å². The molecular formula is C29H33N5O6. The lowest BCUT2D eigenvalue weighted by molar-refractivity contribution is -0.165. The second-order valence-corrected chi connectivity index (χ2v) is 9.81. The number of nitrogens with zero attached hydrogens (tertiary/aromatic N) is 5. The van der Waals surface area contributed by atoms with Crippen LogP contribution >= 0.6 is 0 Å². The topological polar surface area (TPSA) is 162 Å². The number of carboxylic acids is 2. The minimum atomic E-state index is -2.27. The highest BCUT2D eigenvalue weighted by atomic mass is 16.4. The number of pyridine rings is 2. The Bertz CT molecular complexity index is 1460. The Hall–Kier alpha value is -4.19. The summed E-state index contributed by atoms with van der Waals surface area (Å²) in [6.45, 7) is 6.79. The summed E-state index contributed by atoms with van der Waals surface area (Å²) in [6.07, 6.45) is 2.89. The molecule has 11 nitrogen and oxygen atoms in total. The molecule has 40 heavy (non-hydrogen) atoms. The quantitative estimate of drug-likeness (QED) is 0.258. The Morgan fingerprint density at radius 3 is 2.42 bits per heavy atom. The van der Waals surface area contributed by atoms with Gasteiger partial charge in [0, 0.05) is 29.7 Å². The molecule has 1 saturated heterocycles. The SMILES string of the molecule is Cc1c(-c2ccc3cc(CCN4CCC[C@H]4C)ccc3n2)cnn1-c1ccccn1.O=C(O)[C@H](O)[C@@H](O)C(=O)O. The first-order valence-electron chi connectivity index (χ1n) is 13.1. The van der Waals surface area contributed by atoms with Crippen LogP contribution < -0.4 is 0 Å². The Balaban J connectivity index is 0.000000318. The Labute approximate surface area is 231 Å². The number of carboxylic acid groups (broad SMARTS) is 2. The van der Waals surface area contributed by atoms with Crippen molar-refractivity contribution in [2.75, 3.05) is 13.1 Å². The molecular weight excluding hydrogens is 514 g/mol. The van der Waals surface area contributed by atoms with Gasteiger partial charge in [0.05, 0.1) is 23.1 Å². The van der Waals surface area contributed by atoms with Crippen molar-refractivity contribution in [3.8, 4) is 17.1 Å². The summed E-state index contributed by atoms with van der Waals surface area (Å²) in [5.74, 6) is -2.72. The van der Waals surface area contributed by atoms with Gasteiger partial charge in [-0.1, -0.05) is 18.2 Å². The van der Waals surface area contributed by atoms with Gasteiger partial charge in [-0.25, -0.2) is 24.2 Å². The van der Waals surface area contributed by atoms with Crippen LogP contribution in [0.25, 0.3) is 28.0 Å². The van der Waals surface area contributed by atoms with E-state index in [2.05, 4.69) is 59.2 Å². The van der Waals surface area contributed by atoms with E-state index in [9.17, 15) is 9.59 Å². The number of aliphatic carboxylic acids is 2. The van der Waals surface area contributed by atoms with E-state index in [4.69, 9.17) is 25.4 Å². The first kappa shape index (κ1) is 28.8. The summed E-state index contributed by atoms with van der Waals surface area (Å²) in [5.41, 5.74) is 5.43. The van der Waals surface area contributed by atoms with E-state index < -0.39 is 24.1 Å². The highest BCUT2D eigenvalue weighted by Gasteiger charge is 2.29. The molecule has 1 aliphatic rings. The molecule has 1 aromatic carbocycles. The maximum Gasteiger partial charge on any atom is 0.335 e. The normalized spacial score (nSPS) is 16.8. The Kier molecular flexibility index (Phi) is 9.20. The summed E-state index contributed by atoms with van der Waals surface area (Å²) >= 11 is 0. The standard InChI is InChI=1S/C25H27N5.C4H6O6/c1-18-6-5-14-29(18)15-12-20-8-10-23-21(16-20)9-11-24(28-23)22-17-27-30(19(22)2)25-7-3-4-13-26-25;5-1(3(7)8)2(6)4(9)10/h3-4,7-11,13,16-18H,5-6,12,14-15H2,1-2H3;1-2,5-6H,(H,7,8)(H,9,10)/t18-;1-,2-/m11/s1. The van der Waals surface area contributed by atoms with E-state index in [1.807, 2.05) is 29.1 Å². The third-order valence-electron chi connectivity index (χ3n) is 7.09. The summed E-state index contributed by atoms with van der Waals surface area (Å²) in [5, 5.41) is 38.3. The molecule has 5 rings (SSSR count). The van der Waals surface area contributed by atoms with E-state index in [0.717, 1.165) is 47.3 Å². The molecule has 0 amide bonds. The lowest BCUT2D eigenvalue weighted by Crippen LogP contribution is -2.39. The number of hydrogen-bond donors (Lipinski definition) is 4. The molecule has 0 aliphatic carbocycles.